The zero-order valence-corrected chi connectivity index (χ0v) is 13.0. The lowest BCUT2D eigenvalue weighted by molar-refractivity contribution is 0.683. The monoisotopic (exact) mass is 322 g/mol. The van der Waals surface area contributed by atoms with Crippen molar-refractivity contribution in [2.45, 2.75) is 38.0 Å². The van der Waals surface area contributed by atoms with E-state index < -0.39 is 0 Å². The van der Waals surface area contributed by atoms with Gasteiger partial charge in [-0.1, -0.05) is 42.1 Å². The third-order valence-corrected chi connectivity index (χ3v) is 4.70. The Morgan fingerprint density at radius 2 is 1.86 bits per heavy atom. The van der Waals surface area contributed by atoms with E-state index in [-0.39, 0.29) is 5.56 Å². The van der Waals surface area contributed by atoms with Crippen LogP contribution in [0, 0.1) is 0 Å². The van der Waals surface area contributed by atoms with Crippen LogP contribution < -0.4 is 5.56 Å². The predicted molar refractivity (Wildman–Crippen MR) is 85.3 cm³/mol. The van der Waals surface area contributed by atoms with Crippen molar-refractivity contribution in [1.82, 2.24) is 9.97 Å². The molecule has 0 bridgehead atoms. The molecule has 0 atom stereocenters. The molecule has 1 fully saturated rings. The molecule has 1 heterocycles. The standard InChI is InChI=1S/C16H16Cl2N2O/c17-12-6-3-7-13(18)11(12)8-15-19-14(9-16(21)20-15)10-4-1-2-5-10/h3,6-7,9-10H,1-2,4-5,8H2,(H,19,20,21). The van der Waals surface area contributed by atoms with Gasteiger partial charge in [0, 0.05) is 28.5 Å². The Bertz CT molecular complexity index is 685. The average molecular weight is 323 g/mol. The van der Waals surface area contributed by atoms with Crippen LogP contribution in [0.4, 0.5) is 0 Å². The van der Waals surface area contributed by atoms with Crippen molar-refractivity contribution in [2.24, 2.45) is 0 Å². The summed E-state index contributed by atoms with van der Waals surface area (Å²) in [6, 6.07) is 7.01. The van der Waals surface area contributed by atoms with Gasteiger partial charge in [-0.05, 0) is 30.5 Å². The molecule has 1 aliphatic rings. The quantitative estimate of drug-likeness (QED) is 0.914. The third kappa shape index (κ3) is 3.30. The van der Waals surface area contributed by atoms with Crippen molar-refractivity contribution < 1.29 is 0 Å². The lowest BCUT2D eigenvalue weighted by atomic mass is 10.0. The zero-order chi connectivity index (χ0) is 14.8. The van der Waals surface area contributed by atoms with E-state index in [1.54, 1.807) is 24.3 Å². The molecule has 110 valence electrons. The van der Waals surface area contributed by atoms with E-state index in [1.165, 1.54) is 12.8 Å². The van der Waals surface area contributed by atoms with Crippen LogP contribution in [0.1, 0.15) is 48.7 Å². The maximum Gasteiger partial charge on any atom is 0.251 e. The number of benzene rings is 1. The summed E-state index contributed by atoms with van der Waals surface area (Å²) in [6.07, 6.45) is 5.09. The van der Waals surface area contributed by atoms with Crippen molar-refractivity contribution in [1.29, 1.82) is 0 Å². The zero-order valence-electron chi connectivity index (χ0n) is 11.5. The van der Waals surface area contributed by atoms with Crippen LogP contribution in [-0.4, -0.2) is 9.97 Å². The number of aromatic amines is 1. The first kappa shape index (κ1) is 14.6. The summed E-state index contributed by atoms with van der Waals surface area (Å²) >= 11 is 12.4. The topological polar surface area (TPSA) is 45.8 Å². The fourth-order valence-electron chi connectivity index (χ4n) is 2.91. The summed E-state index contributed by atoms with van der Waals surface area (Å²) < 4.78 is 0. The van der Waals surface area contributed by atoms with Gasteiger partial charge in [0.05, 0.1) is 5.69 Å². The molecule has 1 saturated carbocycles. The Kier molecular flexibility index (Phi) is 4.32. The SMILES string of the molecule is O=c1cc(C2CCCC2)nc(Cc2c(Cl)cccc2Cl)[nH]1. The molecule has 5 heteroatoms. The maximum absolute atomic E-state index is 11.9. The molecule has 0 amide bonds. The van der Waals surface area contributed by atoms with Crippen LogP contribution in [0.2, 0.25) is 10.0 Å². The van der Waals surface area contributed by atoms with Gasteiger partial charge in [-0.25, -0.2) is 4.98 Å². The summed E-state index contributed by atoms with van der Waals surface area (Å²) in [5, 5.41) is 1.19. The number of rotatable bonds is 3. The summed E-state index contributed by atoms with van der Waals surface area (Å²) in [4.78, 5) is 19.3. The van der Waals surface area contributed by atoms with Gasteiger partial charge in [0.2, 0.25) is 0 Å². The molecular formula is C16H16Cl2N2O. The van der Waals surface area contributed by atoms with Gasteiger partial charge in [-0.3, -0.25) is 4.79 Å². The number of nitrogens with one attached hydrogen (secondary N) is 1. The van der Waals surface area contributed by atoms with E-state index in [0.717, 1.165) is 24.1 Å². The average Bonchev–Trinajstić information content (AvgIpc) is 2.97. The third-order valence-electron chi connectivity index (χ3n) is 3.99. The number of H-pyrrole nitrogens is 1. The van der Waals surface area contributed by atoms with Crippen molar-refractivity contribution in [3.63, 3.8) is 0 Å². The predicted octanol–water partition coefficient (Wildman–Crippen LogP) is 4.33. The van der Waals surface area contributed by atoms with Gasteiger partial charge >= 0.3 is 0 Å². The molecular weight excluding hydrogens is 307 g/mol. The van der Waals surface area contributed by atoms with Crippen molar-refractivity contribution in [3.05, 3.63) is 61.7 Å². The summed E-state index contributed by atoms with van der Waals surface area (Å²) in [6.45, 7) is 0. The normalized spacial score (nSPS) is 15.5. The van der Waals surface area contributed by atoms with Gasteiger partial charge in [0.15, 0.2) is 0 Å². The Morgan fingerprint density at radius 3 is 2.52 bits per heavy atom. The Hall–Kier alpha value is -1.32. The molecule has 0 spiro atoms. The van der Waals surface area contributed by atoms with Crippen molar-refractivity contribution in [2.75, 3.05) is 0 Å². The summed E-state index contributed by atoms with van der Waals surface area (Å²) in [7, 11) is 0. The number of halogens is 2. The molecule has 1 aromatic carbocycles. The second-order valence-electron chi connectivity index (χ2n) is 5.48. The van der Waals surface area contributed by atoms with E-state index in [0.29, 0.717) is 28.2 Å². The number of nitrogens with zero attached hydrogens (tertiary/aromatic N) is 1. The minimum absolute atomic E-state index is 0.106. The highest BCUT2D eigenvalue weighted by Gasteiger charge is 2.19. The van der Waals surface area contributed by atoms with Gasteiger partial charge in [0.25, 0.3) is 5.56 Å². The first-order valence-corrected chi connectivity index (χ1v) is 7.92. The van der Waals surface area contributed by atoms with Crippen LogP contribution in [0.3, 0.4) is 0 Å². The van der Waals surface area contributed by atoms with Crippen molar-refractivity contribution >= 4 is 23.2 Å². The molecule has 2 aromatic rings. The van der Waals surface area contributed by atoms with Crippen LogP contribution >= 0.6 is 23.2 Å². The molecule has 1 N–H and O–H groups in total. The van der Waals surface area contributed by atoms with Gasteiger partial charge in [-0.2, -0.15) is 0 Å². The molecule has 0 saturated heterocycles. The Morgan fingerprint density at radius 1 is 1.19 bits per heavy atom. The molecule has 0 radical (unpaired) electrons. The molecule has 0 unspecified atom stereocenters. The molecule has 3 nitrogen and oxygen atoms in total. The lowest BCUT2D eigenvalue weighted by Gasteiger charge is -2.11. The summed E-state index contributed by atoms with van der Waals surface area (Å²) in [5.41, 5.74) is 1.59. The molecule has 21 heavy (non-hydrogen) atoms. The van der Waals surface area contributed by atoms with Gasteiger partial charge < -0.3 is 4.98 Å². The molecule has 1 aliphatic carbocycles. The van der Waals surface area contributed by atoms with Gasteiger partial charge in [-0.15, -0.1) is 0 Å². The minimum Gasteiger partial charge on any atom is -0.310 e. The molecule has 0 aliphatic heterocycles. The second-order valence-corrected chi connectivity index (χ2v) is 6.29. The second kappa shape index (κ2) is 6.20. The highest BCUT2D eigenvalue weighted by atomic mass is 35.5. The van der Waals surface area contributed by atoms with Crippen LogP contribution in [-0.2, 0) is 6.42 Å². The first-order valence-electron chi connectivity index (χ1n) is 7.16. The largest absolute Gasteiger partial charge is 0.310 e. The van der Waals surface area contributed by atoms with Crippen LogP contribution in [0.15, 0.2) is 29.1 Å². The first-order chi connectivity index (χ1) is 10.1. The highest BCUT2D eigenvalue weighted by Crippen LogP contribution is 2.32. The number of aromatic nitrogens is 2. The van der Waals surface area contributed by atoms with E-state index in [4.69, 9.17) is 23.2 Å². The maximum atomic E-state index is 11.9. The van der Waals surface area contributed by atoms with E-state index in [2.05, 4.69) is 9.97 Å². The van der Waals surface area contributed by atoms with E-state index in [1.807, 2.05) is 0 Å². The number of hydrogen-bond acceptors (Lipinski definition) is 2. The minimum atomic E-state index is -0.106. The molecule has 1 aromatic heterocycles. The van der Waals surface area contributed by atoms with E-state index in [9.17, 15) is 4.79 Å². The number of hydrogen-bond donors (Lipinski definition) is 1. The summed E-state index contributed by atoms with van der Waals surface area (Å²) in [5.74, 6) is 1.03. The fraction of sp³-hybridized carbons (Fsp3) is 0.375. The fourth-order valence-corrected chi connectivity index (χ4v) is 3.44. The van der Waals surface area contributed by atoms with Crippen LogP contribution in [0.25, 0.3) is 0 Å². The lowest BCUT2D eigenvalue weighted by Crippen LogP contribution is -2.14. The van der Waals surface area contributed by atoms with Gasteiger partial charge in [0.1, 0.15) is 5.82 Å². The Labute approximate surface area is 133 Å². The molecule has 3 rings (SSSR count). The Balaban J connectivity index is 1.93. The van der Waals surface area contributed by atoms with Crippen molar-refractivity contribution in [3.8, 4) is 0 Å². The highest BCUT2D eigenvalue weighted by molar-refractivity contribution is 6.36. The van der Waals surface area contributed by atoms with E-state index >= 15 is 0 Å². The van der Waals surface area contributed by atoms with Crippen LogP contribution in [0.5, 0.6) is 0 Å². The smallest absolute Gasteiger partial charge is 0.251 e.